The summed E-state index contributed by atoms with van der Waals surface area (Å²) >= 11 is 0. The Morgan fingerprint density at radius 1 is 1.00 bits per heavy atom. The van der Waals surface area contributed by atoms with Gasteiger partial charge in [0.05, 0.1) is 12.3 Å². The third-order valence-electron chi connectivity index (χ3n) is 3.98. The van der Waals surface area contributed by atoms with Crippen molar-refractivity contribution in [3.05, 3.63) is 71.4 Å². The molecular formula is C21H22N4O2. The Balaban J connectivity index is 1.71. The van der Waals surface area contributed by atoms with Gasteiger partial charge in [0.25, 0.3) is 5.91 Å². The smallest absolute Gasteiger partial charge is 0.276 e. The van der Waals surface area contributed by atoms with E-state index < -0.39 is 0 Å². The van der Waals surface area contributed by atoms with Crippen LogP contribution >= 0.6 is 0 Å². The maximum Gasteiger partial charge on any atom is 0.276 e. The summed E-state index contributed by atoms with van der Waals surface area (Å²) in [4.78, 5) is 12.4. The van der Waals surface area contributed by atoms with E-state index in [4.69, 9.17) is 4.74 Å². The molecule has 3 aromatic rings. The van der Waals surface area contributed by atoms with Crippen LogP contribution < -0.4 is 15.4 Å². The number of rotatable bonds is 6. The van der Waals surface area contributed by atoms with Gasteiger partial charge >= 0.3 is 0 Å². The average molecular weight is 362 g/mol. The Morgan fingerprint density at radius 3 is 2.52 bits per heavy atom. The molecule has 0 bridgehead atoms. The Bertz CT molecular complexity index is 939. The van der Waals surface area contributed by atoms with Crippen LogP contribution in [-0.4, -0.2) is 22.7 Å². The van der Waals surface area contributed by atoms with E-state index in [2.05, 4.69) is 20.8 Å². The van der Waals surface area contributed by atoms with E-state index >= 15 is 0 Å². The molecule has 1 amide bonds. The molecule has 27 heavy (non-hydrogen) atoms. The van der Waals surface area contributed by atoms with Gasteiger partial charge in [-0.1, -0.05) is 29.8 Å². The van der Waals surface area contributed by atoms with Crippen LogP contribution in [0, 0.1) is 13.8 Å². The fraction of sp³-hybridized carbons (Fsp3) is 0.190. The zero-order valence-corrected chi connectivity index (χ0v) is 15.6. The van der Waals surface area contributed by atoms with Crippen LogP contribution in [0.4, 0.5) is 17.2 Å². The number of aromatic nitrogens is 2. The highest BCUT2D eigenvalue weighted by atomic mass is 16.5. The van der Waals surface area contributed by atoms with E-state index in [-0.39, 0.29) is 11.6 Å². The summed E-state index contributed by atoms with van der Waals surface area (Å²) in [5, 5.41) is 14.2. The molecule has 0 spiro atoms. The number of anilines is 3. The Hall–Kier alpha value is -3.41. The van der Waals surface area contributed by atoms with Gasteiger partial charge in [-0.25, -0.2) is 0 Å². The molecule has 0 atom stereocenters. The zero-order valence-electron chi connectivity index (χ0n) is 15.6. The van der Waals surface area contributed by atoms with Crippen LogP contribution in [0.25, 0.3) is 0 Å². The van der Waals surface area contributed by atoms with Crippen molar-refractivity contribution in [3.8, 4) is 5.75 Å². The van der Waals surface area contributed by atoms with Gasteiger partial charge in [0.2, 0.25) is 0 Å². The summed E-state index contributed by atoms with van der Waals surface area (Å²) in [5.41, 5.74) is 3.95. The molecule has 0 saturated heterocycles. The van der Waals surface area contributed by atoms with E-state index in [1.165, 1.54) is 0 Å². The minimum absolute atomic E-state index is 0.249. The maximum atomic E-state index is 12.4. The van der Waals surface area contributed by atoms with Crippen molar-refractivity contribution in [2.45, 2.75) is 20.8 Å². The van der Waals surface area contributed by atoms with Crippen LogP contribution in [0.5, 0.6) is 5.75 Å². The van der Waals surface area contributed by atoms with Crippen LogP contribution in [0.15, 0.2) is 54.6 Å². The lowest BCUT2D eigenvalue weighted by molar-refractivity contribution is 0.102. The predicted molar refractivity (Wildman–Crippen MR) is 107 cm³/mol. The van der Waals surface area contributed by atoms with Gasteiger partial charge in [-0.3, -0.25) is 4.79 Å². The fourth-order valence-corrected chi connectivity index (χ4v) is 2.65. The van der Waals surface area contributed by atoms with Crippen molar-refractivity contribution in [1.82, 2.24) is 10.2 Å². The van der Waals surface area contributed by atoms with Gasteiger partial charge in [0, 0.05) is 5.69 Å². The highest BCUT2D eigenvalue weighted by Crippen LogP contribution is 2.26. The highest BCUT2D eigenvalue weighted by Gasteiger charge is 2.11. The number of nitrogens with one attached hydrogen (secondary N) is 2. The Labute approximate surface area is 158 Å². The lowest BCUT2D eigenvalue weighted by Crippen LogP contribution is -2.15. The van der Waals surface area contributed by atoms with Crippen LogP contribution in [0.2, 0.25) is 0 Å². The first-order chi connectivity index (χ1) is 13.1. The topological polar surface area (TPSA) is 76.1 Å². The molecule has 0 radical (unpaired) electrons. The molecule has 0 unspecified atom stereocenters. The molecule has 0 aliphatic rings. The van der Waals surface area contributed by atoms with Gasteiger partial charge in [0.15, 0.2) is 11.5 Å². The number of carbonyl (C=O) groups is 1. The molecule has 6 nitrogen and oxygen atoms in total. The Morgan fingerprint density at radius 2 is 1.81 bits per heavy atom. The Kier molecular flexibility index (Phi) is 5.66. The van der Waals surface area contributed by atoms with Crippen LogP contribution in [0.3, 0.4) is 0 Å². The average Bonchev–Trinajstić information content (AvgIpc) is 2.66. The predicted octanol–water partition coefficient (Wildman–Crippen LogP) is 4.49. The maximum absolute atomic E-state index is 12.4. The molecule has 1 aromatic heterocycles. The fourth-order valence-electron chi connectivity index (χ4n) is 2.65. The molecule has 0 aliphatic carbocycles. The van der Waals surface area contributed by atoms with Gasteiger partial charge in [-0.15, -0.1) is 10.2 Å². The minimum atomic E-state index is -0.296. The van der Waals surface area contributed by atoms with E-state index in [0.717, 1.165) is 28.3 Å². The number of hydrogen-bond donors (Lipinski definition) is 2. The van der Waals surface area contributed by atoms with Gasteiger partial charge in [-0.2, -0.15) is 0 Å². The van der Waals surface area contributed by atoms with Crippen LogP contribution in [-0.2, 0) is 0 Å². The molecule has 2 N–H and O–H groups in total. The molecule has 1 heterocycles. The van der Waals surface area contributed by atoms with Crippen molar-refractivity contribution < 1.29 is 9.53 Å². The molecule has 138 valence electrons. The number of nitrogens with zero attached hydrogens (tertiary/aromatic N) is 2. The van der Waals surface area contributed by atoms with E-state index in [1.54, 1.807) is 12.1 Å². The number of para-hydroxylation sites is 2. The summed E-state index contributed by atoms with van der Waals surface area (Å²) in [6.45, 7) is 6.47. The summed E-state index contributed by atoms with van der Waals surface area (Å²) in [7, 11) is 0. The van der Waals surface area contributed by atoms with Gasteiger partial charge in [-0.05, 0) is 56.7 Å². The van der Waals surface area contributed by atoms with Gasteiger partial charge in [0.1, 0.15) is 5.75 Å². The second-order valence-electron chi connectivity index (χ2n) is 6.13. The summed E-state index contributed by atoms with van der Waals surface area (Å²) < 4.78 is 5.58. The third-order valence-corrected chi connectivity index (χ3v) is 3.98. The lowest BCUT2D eigenvalue weighted by Gasteiger charge is -2.11. The molecule has 6 heteroatoms. The van der Waals surface area contributed by atoms with Crippen molar-refractivity contribution >= 4 is 23.1 Å². The van der Waals surface area contributed by atoms with Crippen molar-refractivity contribution in [2.75, 3.05) is 17.2 Å². The largest absolute Gasteiger partial charge is 0.492 e. The number of benzene rings is 2. The number of ether oxygens (including phenoxy) is 1. The molecule has 2 aromatic carbocycles. The van der Waals surface area contributed by atoms with Crippen molar-refractivity contribution in [1.29, 1.82) is 0 Å². The van der Waals surface area contributed by atoms with Crippen molar-refractivity contribution in [3.63, 3.8) is 0 Å². The van der Waals surface area contributed by atoms with E-state index in [1.807, 2.05) is 63.2 Å². The summed E-state index contributed by atoms with van der Waals surface area (Å²) in [6, 6.07) is 16.8. The molecule has 0 saturated carbocycles. The molecule has 0 aliphatic heterocycles. The van der Waals surface area contributed by atoms with Gasteiger partial charge < -0.3 is 15.4 Å². The number of amides is 1. The second kappa shape index (κ2) is 8.31. The first kappa shape index (κ1) is 18.4. The molecular weight excluding hydrogens is 340 g/mol. The summed E-state index contributed by atoms with van der Waals surface area (Å²) in [6.07, 6.45) is 0. The zero-order chi connectivity index (χ0) is 19.2. The first-order valence-electron chi connectivity index (χ1n) is 8.78. The van der Waals surface area contributed by atoms with E-state index in [9.17, 15) is 4.79 Å². The first-order valence-corrected chi connectivity index (χ1v) is 8.78. The summed E-state index contributed by atoms with van der Waals surface area (Å²) in [5.74, 6) is 0.972. The van der Waals surface area contributed by atoms with E-state index in [0.29, 0.717) is 12.4 Å². The number of carbonyl (C=O) groups excluding carboxylic acids is 1. The second-order valence-corrected chi connectivity index (χ2v) is 6.13. The third kappa shape index (κ3) is 4.61. The molecule has 3 rings (SSSR count). The number of hydrogen-bond acceptors (Lipinski definition) is 5. The highest BCUT2D eigenvalue weighted by molar-refractivity contribution is 6.03. The SMILES string of the molecule is CCOc1ccccc1Nc1ccc(C(=O)Nc2ccc(C)cc2C)nn1. The monoisotopic (exact) mass is 362 g/mol. The standard InChI is InChI=1S/C21H22N4O2/c1-4-27-19-8-6-5-7-17(19)22-20-12-11-18(24-25-20)21(26)23-16-10-9-14(2)13-15(16)3/h5-13H,4H2,1-3H3,(H,22,25)(H,23,26). The molecule has 0 fully saturated rings. The van der Waals surface area contributed by atoms with Crippen molar-refractivity contribution in [2.24, 2.45) is 0 Å². The minimum Gasteiger partial charge on any atom is -0.492 e. The quantitative estimate of drug-likeness (QED) is 0.676. The van der Waals surface area contributed by atoms with Crippen LogP contribution in [0.1, 0.15) is 28.5 Å². The number of aryl methyl sites for hydroxylation is 2. The lowest BCUT2D eigenvalue weighted by atomic mass is 10.1. The normalized spacial score (nSPS) is 10.3.